The maximum atomic E-state index is 13.4. The van der Waals surface area contributed by atoms with E-state index in [0.29, 0.717) is 29.5 Å². The Morgan fingerprint density at radius 3 is 2.73 bits per heavy atom. The lowest BCUT2D eigenvalue weighted by Crippen LogP contribution is -2.52. The number of halogens is 1. The zero-order valence-corrected chi connectivity index (χ0v) is 18.8. The molecule has 0 amide bonds. The Labute approximate surface area is 183 Å². The van der Waals surface area contributed by atoms with Crippen molar-refractivity contribution in [1.82, 2.24) is 19.9 Å². The molecule has 2 N–H and O–H groups in total. The minimum Gasteiger partial charge on any atom is -0.381 e. The molecule has 1 aromatic carbocycles. The van der Waals surface area contributed by atoms with E-state index < -0.39 is 10.0 Å². The van der Waals surface area contributed by atoms with Crippen LogP contribution in [0, 0.1) is 0 Å². The lowest BCUT2D eigenvalue weighted by atomic mass is 10.1. The van der Waals surface area contributed by atoms with Gasteiger partial charge in [-0.1, -0.05) is 30.7 Å². The molecule has 2 aromatic rings. The van der Waals surface area contributed by atoms with E-state index in [9.17, 15) is 8.42 Å². The number of sulfonamides is 1. The van der Waals surface area contributed by atoms with Crippen molar-refractivity contribution in [2.75, 3.05) is 26.3 Å². The largest absolute Gasteiger partial charge is 0.381 e. The van der Waals surface area contributed by atoms with Gasteiger partial charge in [0.2, 0.25) is 10.0 Å². The molecule has 2 aliphatic rings. The van der Waals surface area contributed by atoms with Gasteiger partial charge in [-0.15, -0.1) is 0 Å². The third kappa shape index (κ3) is 4.64. The van der Waals surface area contributed by atoms with Gasteiger partial charge in [0, 0.05) is 61.6 Å². The highest BCUT2D eigenvalue weighted by atomic mass is 35.5. The summed E-state index contributed by atoms with van der Waals surface area (Å²) in [5.74, 6) is 0. The van der Waals surface area contributed by atoms with Crippen molar-refractivity contribution >= 4 is 32.4 Å². The Bertz CT molecular complexity index is 976. The molecule has 0 radical (unpaired) electrons. The number of hydrogen-bond acceptors (Lipinski definition) is 6. The van der Waals surface area contributed by atoms with E-state index in [4.69, 9.17) is 16.3 Å². The number of fused-ring (bicyclic) bond motifs is 1. The molecule has 9 heteroatoms. The van der Waals surface area contributed by atoms with Crippen molar-refractivity contribution < 1.29 is 13.2 Å². The van der Waals surface area contributed by atoms with E-state index in [1.54, 1.807) is 22.6 Å². The van der Waals surface area contributed by atoms with Crippen molar-refractivity contribution in [2.45, 2.75) is 55.8 Å². The van der Waals surface area contributed by atoms with Crippen molar-refractivity contribution in [2.24, 2.45) is 0 Å². The van der Waals surface area contributed by atoms with Crippen LogP contribution in [0.5, 0.6) is 0 Å². The molecule has 0 bridgehead atoms. The molecule has 3 heterocycles. The Balaban J connectivity index is 1.46. The van der Waals surface area contributed by atoms with Gasteiger partial charge in [-0.3, -0.25) is 15.6 Å². The summed E-state index contributed by atoms with van der Waals surface area (Å²) in [6, 6.07) is 5.76. The fraction of sp³-hybridized carbons (Fsp3) is 0.571. The van der Waals surface area contributed by atoms with Crippen molar-refractivity contribution in [3.63, 3.8) is 0 Å². The average molecular weight is 453 g/mol. The molecule has 2 atom stereocenters. The number of pyridine rings is 1. The van der Waals surface area contributed by atoms with Gasteiger partial charge in [0.15, 0.2) is 0 Å². The van der Waals surface area contributed by atoms with Crippen LogP contribution in [-0.2, 0) is 14.8 Å². The van der Waals surface area contributed by atoms with Crippen LogP contribution in [0.1, 0.15) is 32.6 Å². The fourth-order valence-electron chi connectivity index (χ4n) is 4.31. The molecular weight excluding hydrogens is 424 g/mol. The SMILES string of the molecule is CCC(NC1CCOCC1)NC1CCN(S(=O)(=O)c2cccc3cncc(Cl)c23)C1. The monoisotopic (exact) mass is 452 g/mol. The number of rotatable bonds is 7. The van der Waals surface area contributed by atoms with E-state index in [-0.39, 0.29) is 17.1 Å². The van der Waals surface area contributed by atoms with Gasteiger partial charge in [0.25, 0.3) is 0 Å². The predicted octanol–water partition coefficient (Wildman–Crippen LogP) is 2.75. The normalized spacial score (nSPS) is 22.5. The van der Waals surface area contributed by atoms with Gasteiger partial charge in [-0.05, 0) is 31.7 Å². The molecule has 0 saturated carbocycles. The van der Waals surface area contributed by atoms with Gasteiger partial charge >= 0.3 is 0 Å². The number of aromatic nitrogens is 1. The summed E-state index contributed by atoms with van der Waals surface area (Å²) >= 11 is 6.31. The van der Waals surface area contributed by atoms with Gasteiger partial charge in [-0.25, -0.2) is 8.42 Å². The van der Waals surface area contributed by atoms with Gasteiger partial charge < -0.3 is 4.74 Å². The third-order valence-electron chi connectivity index (χ3n) is 5.97. The first-order valence-electron chi connectivity index (χ1n) is 10.6. The van der Waals surface area contributed by atoms with Crippen LogP contribution >= 0.6 is 11.6 Å². The summed E-state index contributed by atoms with van der Waals surface area (Å²) in [7, 11) is -3.65. The highest BCUT2D eigenvalue weighted by molar-refractivity contribution is 7.89. The topological polar surface area (TPSA) is 83.6 Å². The number of nitrogens with one attached hydrogen (secondary N) is 2. The summed E-state index contributed by atoms with van der Waals surface area (Å²) in [5, 5.41) is 8.91. The second kappa shape index (κ2) is 9.46. The van der Waals surface area contributed by atoms with Crippen LogP contribution in [0.3, 0.4) is 0 Å². The second-order valence-electron chi connectivity index (χ2n) is 8.01. The molecule has 7 nitrogen and oxygen atoms in total. The molecule has 30 heavy (non-hydrogen) atoms. The first kappa shape index (κ1) is 21.9. The molecule has 0 aliphatic carbocycles. The zero-order chi connectivity index (χ0) is 21.1. The van der Waals surface area contributed by atoms with Crippen molar-refractivity contribution in [3.05, 3.63) is 35.6 Å². The number of benzene rings is 1. The highest BCUT2D eigenvalue weighted by Gasteiger charge is 2.34. The van der Waals surface area contributed by atoms with Gasteiger partial charge in [0.1, 0.15) is 0 Å². The number of hydrogen-bond donors (Lipinski definition) is 2. The Hall–Kier alpha value is -1.29. The van der Waals surface area contributed by atoms with Crippen LogP contribution in [0.15, 0.2) is 35.5 Å². The summed E-state index contributed by atoms with van der Waals surface area (Å²) in [6.45, 7) is 4.68. The van der Waals surface area contributed by atoms with Crippen molar-refractivity contribution in [3.8, 4) is 0 Å². The molecule has 2 aliphatic heterocycles. The molecular formula is C21H29ClN4O3S. The molecule has 2 fully saturated rings. The smallest absolute Gasteiger partial charge is 0.243 e. The van der Waals surface area contributed by atoms with Crippen LogP contribution in [-0.4, -0.2) is 62.3 Å². The second-order valence-corrected chi connectivity index (χ2v) is 10.3. The van der Waals surface area contributed by atoms with Crippen molar-refractivity contribution in [1.29, 1.82) is 0 Å². The third-order valence-corrected chi connectivity index (χ3v) is 8.16. The number of ether oxygens (including phenoxy) is 1. The fourth-order valence-corrected chi connectivity index (χ4v) is 6.37. The lowest BCUT2D eigenvalue weighted by molar-refractivity contribution is 0.0726. The van der Waals surface area contributed by atoms with Crippen LogP contribution < -0.4 is 10.6 Å². The summed E-state index contributed by atoms with van der Waals surface area (Å²) in [5.41, 5.74) is 0. The molecule has 1 aromatic heterocycles. The maximum absolute atomic E-state index is 13.4. The molecule has 0 spiro atoms. The Morgan fingerprint density at radius 2 is 1.97 bits per heavy atom. The standard InChI is InChI=1S/C21H29ClN4O3S/c1-2-20(24-16-7-10-29-11-8-16)25-17-6-9-26(14-17)30(27,28)19-5-3-4-15-12-23-13-18(22)21(15)19/h3-5,12-13,16-17,20,24-25H,2,6-11,14H2,1H3. The predicted molar refractivity (Wildman–Crippen MR) is 118 cm³/mol. The van der Waals surface area contributed by atoms with Gasteiger partial charge in [-0.2, -0.15) is 4.31 Å². The molecule has 164 valence electrons. The minimum absolute atomic E-state index is 0.115. The Morgan fingerprint density at radius 1 is 1.20 bits per heavy atom. The van der Waals surface area contributed by atoms with Gasteiger partial charge in [0.05, 0.1) is 16.1 Å². The first-order chi connectivity index (χ1) is 14.5. The molecule has 4 rings (SSSR count). The maximum Gasteiger partial charge on any atom is 0.243 e. The van der Waals surface area contributed by atoms with E-state index >= 15 is 0 Å². The molecule has 2 unspecified atom stereocenters. The van der Waals surface area contributed by atoms with E-state index in [1.807, 2.05) is 6.07 Å². The summed E-state index contributed by atoms with van der Waals surface area (Å²) in [6.07, 6.45) is 7.05. The minimum atomic E-state index is -3.65. The molecule has 2 saturated heterocycles. The van der Waals surface area contributed by atoms with E-state index in [1.165, 1.54) is 6.20 Å². The lowest BCUT2D eigenvalue weighted by Gasteiger charge is -2.30. The average Bonchev–Trinajstić information content (AvgIpc) is 3.23. The quantitative estimate of drug-likeness (QED) is 0.628. The van der Waals surface area contributed by atoms with Crippen LogP contribution in [0.25, 0.3) is 10.8 Å². The van der Waals surface area contributed by atoms with E-state index in [0.717, 1.165) is 44.3 Å². The van der Waals surface area contributed by atoms with Crippen LogP contribution in [0.2, 0.25) is 5.02 Å². The van der Waals surface area contributed by atoms with E-state index in [2.05, 4.69) is 22.5 Å². The highest BCUT2D eigenvalue weighted by Crippen LogP contribution is 2.32. The first-order valence-corrected chi connectivity index (χ1v) is 12.4. The number of nitrogens with zero attached hydrogens (tertiary/aromatic N) is 2. The zero-order valence-electron chi connectivity index (χ0n) is 17.2. The summed E-state index contributed by atoms with van der Waals surface area (Å²) in [4.78, 5) is 4.32. The summed E-state index contributed by atoms with van der Waals surface area (Å²) < 4.78 is 33.8. The van der Waals surface area contributed by atoms with Crippen LogP contribution in [0.4, 0.5) is 0 Å². The Kier molecular flexibility index (Phi) is 6.91.